The van der Waals surface area contributed by atoms with Crippen molar-refractivity contribution in [2.24, 2.45) is 0 Å². The summed E-state index contributed by atoms with van der Waals surface area (Å²) in [5, 5.41) is 0. The molecule has 102 valence electrons. The minimum atomic E-state index is -0.117. The van der Waals surface area contributed by atoms with Crippen LogP contribution in [0.3, 0.4) is 0 Å². The van der Waals surface area contributed by atoms with Crippen LogP contribution in [0.1, 0.15) is 29.6 Å². The van der Waals surface area contributed by atoms with E-state index in [1.165, 1.54) is 19.3 Å². The van der Waals surface area contributed by atoms with Crippen molar-refractivity contribution in [1.29, 1.82) is 0 Å². The summed E-state index contributed by atoms with van der Waals surface area (Å²) < 4.78 is 7.55. The molecule has 0 amide bonds. The lowest BCUT2D eigenvalue weighted by atomic mass is 9.98. The number of likely N-dealkylation sites (tertiary alicyclic amines) is 1. The minimum Gasteiger partial charge on any atom is -0.490 e. The number of ether oxygens (including phenoxy) is 1. The minimum absolute atomic E-state index is 0.117. The average molecular weight is 389 g/mol. The Balaban J connectivity index is 1.91. The van der Waals surface area contributed by atoms with Gasteiger partial charge in [-0.25, -0.2) is 0 Å². The number of fused-ring (bicyclic) bond motifs is 1. The molecule has 0 saturated carbocycles. The first-order valence-electron chi connectivity index (χ1n) is 6.57. The van der Waals surface area contributed by atoms with Gasteiger partial charge in [0.05, 0.1) is 10.0 Å². The molecule has 1 atom stereocenters. The number of hydrogen-bond donors (Lipinski definition) is 0. The molecule has 3 rings (SSSR count). The molecule has 1 aromatic rings. The number of carbonyl (C=O) groups excluding carboxylic acids is 1. The van der Waals surface area contributed by atoms with Crippen LogP contribution in [0, 0.1) is 0 Å². The van der Waals surface area contributed by atoms with E-state index in [4.69, 9.17) is 4.74 Å². The van der Waals surface area contributed by atoms with Crippen molar-refractivity contribution in [1.82, 2.24) is 4.90 Å². The van der Waals surface area contributed by atoms with Crippen LogP contribution in [0.25, 0.3) is 0 Å². The number of ketones is 1. The Morgan fingerprint density at radius 1 is 1.16 bits per heavy atom. The summed E-state index contributed by atoms with van der Waals surface area (Å²) in [6, 6.07) is 3.65. The van der Waals surface area contributed by atoms with Crippen molar-refractivity contribution in [2.75, 3.05) is 19.7 Å². The van der Waals surface area contributed by atoms with Gasteiger partial charge in [-0.1, -0.05) is 22.4 Å². The van der Waals surface area contributed by atoms with Gasteiger partial charge in [-0.2, -0.15) is 0 Å². The molecule has 0 radical (unpaired) electrons. The first kappa shape index (κ1) is 13.6. The van der Waals surface area contributed by atoms with Crippen LogP contribution in [-0.2, 0) is 0 Å². The second-order valence-electron chi connectivity index (χ2n) is 5.05. The van der Waals surface area contributed by atoms with E-state index in [0.717, 1.165) is 22.0 Å². The van der Waals surface area contributed by atoms with Crippen molar-refractivity contribution < 1.29 is 9.53 Å². The molecular formula is C14H15Br2NO2. The highest BCUT2D eigenvalue weighted by atomic mass is 79.9. The summed E-state index contributed by atoms with van der Waals surface area (Å²) in [6.45, 7) is 2.47. The largest absolute Gasteiger partial charge is 0.490 e. The highest BCUT2D eigenvalue weighted by Gasteiger charge is 2.35. The predicted octanol–water partition coefficient (Wildman–Crippen LogP) is 3.64. The number of hydrogen-bond acceptors (Lipinski definition) is 3. The lowest BCUT2D eigenvalue weighted by Crippen LogP contribution is -2.49. The standard InChI is InChI=1S/C14H15Br2NO2/c15-9-6-10-13(18)12(17-4-2-1-3-5-17)8-19-14(10)11(16)7-9/h6-7,12H,1-5,8H2/t12-/m1/s1. The van der Waals surface area contributed by atoms with Gasteiger partial charge < -0.3 is 4.74 Å². The van der Waals surface area contributed by atoms with Gasteiger partial charge in [0.15, 0.2) is 5.78 Å². The summed E-state index contributed by atoms with van der Waals surface area (Å²) in [6.07, 6.45) is 3.63. The van der Waals surface area contributed by atoms with Crippen molar-refractivity contribution in [3.8, 4) is 5.75 Å². The van der Waals surface area contributed by atoms with Crippen LogP contribution in [0.4, 0.5) is 0 Å². The van der Waals surface area contributed by atoms with Crippen molar-refractivity contribution in [2.45, 2.75) is 25.3 Å². The van der Waals surface area contributed by atoms with E-state index < -0.39 is 0 Å². The smallest absolute Gasteiger partial charge is 0.187 e. The van der Waals surface area contributed by atoms with Crippen LogP contribution in [0.5, 0.6) is 5.75 Å². The van der Waals surface area contributed by atoms with Gasteiger partial charge in [-0.05, 0) is 54.0 Å². The molecule has 0 unspecified atom stereocenters. The third-order valence-electron chi connectivity index (χ3n) is 3.79. The van der Waals surface area contributed by atoms with E-state index in [9.17, 15) is 4.79 Å². The lowest BCUT2D eigenvalue weighted by Gasteiger charge is -2.36. The van der Waals surface area contributed by atoms with Crippen LogP contribution < -0.4 is 4.74 Å². The van der Waals surface area contributed by atoms with E-state index in [1.807, 2.05) is 12.1 Å². The molecule has 0 aromatic heterocycles. The number of nitrogens with zero attached hydrogens (tertiary/aromatic N) is 1. The van der Waals surface area contributed by atoms with Gasteiger partial charge in [0, 0.05) is 4.47 Å². The third-order valence-corrected chi connectivity index (χ3v) is 4.84. The Hall–Kier alpha value is -0.390. The number of rotatable bonds is 1. The van der Waals surface area contributed by atoms with E-state index in [1.54, 1.807) is 0 Å². The van der Waals surface area contributed by atoms with Crippen molar-refractivity contribution in [3.05, 3.63) is 26.6 Å². The third kappa shape index (κ3) is 2.60. The monoisotopic (exact) mass is 387 g/mol. The van der Waals surface area contributed by atoms with Gasteiger partial charge in [0.2, 0.25) is 0 Å². The van der Waals surface area contributed by atoms with Gasteiger partial charge in [0.25, 0.3) is 0 Å². The van der Waals surface area contributed by atoms with Gasteiger partial charge in [-0.15, -0.1) is 0 Å². The predicted molar refractivity (Wildman–Crippen MR) is 80.9 cm³/mol. The first-order valence-corrected chi connectivity index (χ1v) is 8.15. The Labute approximate surface area is 129 Å². The van der Waals surface area contributed by atoms with Crippen LogP contribution in [0.2, 0.25) is 0 Å². The molecule has 3 nitrogen and oxygen atoms in total. The van der Waals surface area contributed by atoms with Crippen molar-refractivity contribution in [3.63, 3.8) is 0 Å². The Morgan fingerprint density at radius 2 is 1.89 bits per heavy atom. The summed E-state index contributed by atoms with van der Waals surface area (Å²) in [4.78, 5) is 14.9. The average Bonchev–Trinajstić information content (AvgIpc) is 2.41. The molecule has 0 spiro atoms. The van der Waals surface area contributed by atoms with Crippen molar-refractivity contribution >= 4 is 37.6 Å². The Kier molecular flexibility index (Phi) is 3.96. The zero-order valence-electron chi connectivity index (χ0n) is 10.5. The van der Waals surface area contributed by atoms with Gasteiger partial charge in [0.1, 0.15) is 18.4 Å². The zero-order chi connectivity index (χ0) is 13.4. The van der Waals surface area contributed by atoms with Crippen LogP contribution in [-0.4, -0.2) is 36.4 Å². The number of benzene rings is 1. The maximum Gasteiger partial charge on any atom is 0.187 e. The quantitative estimate of drug-likeness (QED) is 0.735. The summed E-state index contributed by atoms with van der Waals surface area (Å²) >= 11 is 6.89. The Morgan fingerprint density at radius 3 is 2.63 bits per heavy atom. The fourth-order valence-electron chi connectivity index (χ4n) is 2.81. The van der Waals surface area contributed by atoms with Crippen LogP contribution >= 0.6 is 31.9 Å². The molecule has 19 heavy (non-hydrogen) atoms. The SMILES string of the molecule is O=C1c2cc(Br)cc(Br)c2OC[C@H]1N1CCCCC1. The van der Waals surface area contributed by atoms with E-state index in [-0.39, 0.29) is 11.8 Å². The topological polar surface area (TPSA) is 29.5 Å². The van der Waals surface area contributed by atoms with Crippen LogP contribution in [0.15, 0.2) is 21.1 Å². The molecular weight excluding hydrogens is 374 g/mol. The fraction of sp³-hybridized carbons (Fsp3) is 0.500. The highest BCUT2D eigenvalue weighted by Crippen LogP contribution is 2.37. The molecule has 0 aliphatic carbocycles. The highest BCUT2D eigenvalue weighted by molar-refractivity contribution is 9.11. The molecule has 2 aliphatic heterocycles. The fourth-order valence-corrected chi connectivity index (χ4v) is 4.15. The summed E-state index contributed by atoms with van der Waals surface area (Å²) in [5.41, 5.74) is 0.683. The maximum absolute atomic E-state index is 12.7. The summed E-state index contributed by atoms with van der Waals surface area (Å²) in [7, 11) is 0. The second kappa shape index (κ2) is 5.54. The first-order chi connectivity index (χ1) is 9.16. The molecule has 2 aliphatic rings. The maximum atomic E-state index is 12.7. The van der Waals surface area contributed by atoms with Gasteiger partial charge in [-0.3, -0.25) is 9.69 Å². The van der Waals surface area contributed by atoms with Gasteiger partial charge >= 0.3 is 0 Å². The molecule has 1 aromatic carbocycles. The molecule has 1 saturated heterocycles. The normalized spacial score (nSPS) is 23.9. The van der Waals surface area contributed by atoms with E-state index in [0.29, 0.717) is 17.9 Å². The molecule has 0 bridgehead atoms. The lowest BCUT2D eigenvalue weighted by molar-refractivity contribution is 0.0621. The van der Waals surface area contributed by atoms with E-state index in [2.05, 4.69) is 36.8 Å². The number of piperidine rings is 1. The number of halogens is 2. The zero-order valence-corrected chi connectivity index (χ0v) is 13.7. The summed E-state index contributed by atoms with van der Waals surface area (Å²) in [5.74, 6) is 0.867. The Bertz CT molecular complexity index is 512. The number of Topliss-reactive ketones (excluding diaryl/α,β-unsaturated/α-hetero) is 1. The second-order valence-corrected chi connectivity index (χ2v) is 6.82. The molecule has 1 fully saturated rings. The number of carbonyl (C=O) groups is 1. The molecule has 2 heterocycles. The molecule has 0 N–H and O–H groups in total. The molecule has 5 heteroatoms. The van der Waals surface area contributed by atoms with E-state index >= 15 is 0 Å².